The number of aromatic nitrogens is 2. The topological polar surface area (TPSA) is 84.1 Å². The van der Waals surface area contributed by atoms with Gasteiger partial charge in [0.15, 0.2) is 5.16 Å². The number of esters is 1. The lowest BCUT2D eigenvalue weighted by atomic mass is 9.86. The van der Waals surface area contributed by atoms with E-state index in [0.29, 0.717) is 27.8 Å². The molecule has 2 aromatic rings. The molecule has 0 aromatic carbocycles. The second-order valence-corrected chi connectivity index (χ2v) is 6.72. The van der Waals surface area contributed by atoms with Crippen LogP contribution in [0.15, 0.2) is 38.7 Å². The zero-order valence-corrected chi connectivity index (χ0v) is 14.4. The zero-order chi connectivity index (χ0) is 16.6. The number of methoxy groups -OCH3 is 1. The van der Waals surface area contributed by atoms with Crippen LogP contribution in [0.25, 0.3) is 0 Å². The van der Waals surface area contributed by atoms with Crippen LogP contribution in [0, 0.1) is 0 Å². The Labute approximate surface area is 141 Å². The number of carbonyl (C=O) groups excluding carboxylic acids is 1. The van der Waals surface area contributed by atoms with Gasteiger partial charge in [0.2, 0.25) is 0 Å². The van der Waals surface area contributed by atoms with Crippen molar-refractivity contribution in [2.75, 3.05) is 18.7 Å². The molecule has 3 rings (SSSR count). The Hall–Kier alpha value is -2.06. The summed E-state index contributed by atoms with van der Waals surface area (Å²) in [5, 5.41) is 5.52. The molecule has 6 nitrogen and oxygen atoms in total. The summed E-state index contributed by atoms with van der Waals surface area (Å²) in [6.45, 7) is 1.79. The van der Waals surface area contributed by atoms with E-state index in [2.05, 4.69) is 15.3 Å². The highest BCUT2D eigenvalue weighted by Crippen LogP contribution is 2.41. The number of thioether (sulfide) groups is 1. The number of fused-ring (bicyclic) bond motifs is 1. The Balaban J connectivity index is 2.27. The predicted octanol–water partition coefficient (Wildman–Crippen LogP) is 2.56. The molecular weight excluding hydrogens is 334 g/mol. The summed E-state index contributed by atoms with van der Waals surface area (Å²) in [5.74, 6) is -0.445. The number of rotatable bonds is 3. The number of nitrogens with one attached hydrogen (secondary N) is 2. The molecule has 0 aliphatic carbocycles. The molecule has 23 heavy (non-hydrogen) atoms. The SMILES string of the molecule is COC(=O)C1=C(C)Nc2nc(SC)[nH]c(=O)c2[C@@H]1c1cccs1. The summed E-state index contributed by atoms with van der Waals surface area (Å²) < 4.78 is 4.92. The van der Waals surface area contributed by atoms with Crippen molar-refractivity contribution in [2.24, 2.45) is 0 Å². The number of allylic oxidation sites excluding steroid dienone is 1. The minimum absolute atomic E-state index is 0.251. The third kappa shape index (κ3) is 2.68. The minimum Gasteiger partial charge on any atom is -0.466 e. The Morgan fingerprint density at radius 3 is 2.87 bits per heavy atom. The van der Waals surface area contributed by atoms with Crippen molar-refractivity contribution in [3.05, 3.63) is 49.6 Å². The lowest BCUT2D eigenvalue weighted by Crippen LogP contribution is -2.30. The monoisotopic (exact) mass is 349 g/mol. The lowest BCUT2D eigenvalue weighted by Gasteiger charge is -2.27. The van der Waals surface area contributed by atoms with E-state index in [0.717, 1.165) is 4.88 Å². The van der Waals surface area contributed by atoms with Gasteiger partial charge < -0.3 is 15.0 Å². The molecule has 2 N–H and O–H groups in total. The van der Waals surface area contributed by atoms with Crippen LogP contribution >= 0.6 is 23.1 Å². The molecule has 0 spiro atoms. The van der Waals surface area contributed by atoms with Gasteiger partial charge >= 0.3 is 5.97 Å². The van der Waals surface area contributed by atoms with Crippen molar-refractivity contribution >= 4 is 34.9 Å². The molecule has 0 saturated heterocycles. The van der Waals surface area contributed by atoms with Gasteiger partial charge in [-0.2, -0.15) is 0 Å². The van der Waals surface area contributed by atoms with Crippen LogP contribution in [0.4, 0.5) is 5.82 Å². The fraction of sp³-hybridized carbons (Fsp3) is 0.267. The van der Waals surface area contributed by atoms with Crippen molar-refractivity contribution in [1.29, 1.82) is 0 Å². The van der Waals surface area contributed by atoms with Gasteiger partial charge in [-0.05, 0) is 24.6 Å². The maximum atomic E-state index is 12.6. The number of thiophene rings is 1. The van der Waals surface area contributed by atoms with Crippen molar-refractivity contribution in [1.82, 2.24) is 9.97 Å². The zero-order valence-electron chi connectivity index (χ0n) is 12.8. The summed E-state index contributed by atoms with van der Waals surface area (Å²) in [6, 6.07) is 3.80. The van der Waals surface area contributed by atoms with Gasteiger partial charge in [0.1, 0.15) is 5.82 Å². The van der Waals surface area contributed by atoms with Crippen molar-refractivity contribution < 1.29 is 9.53 Å². The smallest absolute Gasteiger partial charge is 0.336 e. The number of carbonyl (C=O) groups is 1. The second-order valence-electron chi connectivity index (χ2n) is 4.94. The summed E-state index contributed by atoms with van der Waals surface area (Å²) >= 11 is 2.85. The first kappa shape index (κ1) is 15.8. The van der Waals surface area contributed by atoms with E-state index in [1.807, 2.05) is 23.8 Å². The Morgan fingerprint density at radius 2 is 2.26 bits per heavy atom. The van der Waals surface area contributed by atoms with Gasteiger partial charge in [0.25, 0.3) is 5.56 Å². The van der Waals surface area contributed by atoms with Crippen LogP contribution in [0.5, 0.6) is 0 Å². The van der Waals surface area contributed by atoms with Crippen LogP contribution < -0.4 is 10.9 Å². The molecule has 3 heterocycles. The number of hydrogen-bond acceptors (Lipinski definition) is 7. The fourth-order valence-electron chi connectivity index (χ4n) is 2.65. The van der Waals surface area contributed by atoms with Gasteiger partial charge in [0, 0.05) is 10.6 Å². The second kappa shape index (κ2) is 6.21. The first-order valence-corrected chi connectivity index (χ1v) is 8.95. The molecule has 8 heteroatoms. The number of H-pyrrole nitrogens is 1. The van der Waals surface area contributed by atoms with Gasteiger partial charge in [-0.15, -0.1) is 11.3 Å². The quantitative estimate of drug-likeness (QED) is 0.503. The maximum Gasteiger partial charge on any atom is 0.336 e. The first-order valence-electron chi connectivity index (χ1n) is 6.84. The molecule has 1 aliphatic heterocycles. The van der Waals surface area contributed by atoms with E-state index in [1.165, 1.54) is 30.2 Å². The molecule has 0 radical (unpaired) electrons. The summed E-state index contributed by atoms with van der Waals surface area (Å²) in [4.78, 5) is 33.0. The highest BCUT2D eigenvalue weighted by atomic mass is 32.2. The molecule has 0 fully saturated rings. The molecule has 1 atom stereocenters. The van der Waals surface area contributed by atoms with E-state index in [-0.39, 0.29) is 5.56 Å². The Kier molecular flexibility index (Phi) is 4.27. The number of nitrogens with zero attached hydrogens (tertiary/aromatic N) is 1. The van der Waals surface area contributed by atoms with Crippen molar-refractivity contribution in [3.63, 3.8) is 0 Å². The van der Waals surface area contributed by atoms with Gasteiger partial charge in [0.05, 0.1) is 24.2 Å². The molecule has 2 aromatic heterocycles. The van der Waals surface area contributed by atoms with Gasteiger partial charge in [-0.25, -0.2) is 9.78 Å². The fourth-order valence-corrected chi connectivity index (χ4v) is 3.87. The molecule has 0 bridgehead atoms. The Bertz CT molecular complexity index is 840. The molecule has 0 saturated carbocycles. The molecule has 120 valence electrons. The number of ether oxygens (including phenoxy) is 1. The van der Waals surface area contributed by atoms with E-state index < -0.39 is 11.9 Å². The number of hydrogen-bond donors (Lipinski definition) is 2. The van der Waals surface area contributed by atoms with Crippen molar-refractivity contribution in [3.8, 4) is 0 Å². The van der Waals surface area contributed by atoms with Crippen LogP contribution in [0.3, 0.4) is 0 Å². The van der Waals surface area contributed by atoms with Crippen LogP contribution in [-0.4, -0.2) is 29.3 Å². The molecule has 1 aliphatic rings. The predicted molar refractivity (Wildman–Crippen MR) is 91.1 cm³/mol. The maximum absolute atomic E-state index is 12.6. The van der Waals surface area contributed by atoms with E-state index in [9.17, 15) is 9.59 Å². The van der Waals surface area contributed by atoms with Gasteiger partial charge in [-0.3, -0.25) is 4.79 Å². The standard InChI is InChI=1S/C15H15N3O3S2/c1-7-9(14(20)21-2)10(8-5-4-6-23-8)11-12(16-7)17-15(22-3)18-13(11)19/h4-6,10H,1-3H3,(H2,16,17,18,19)/t10-/m1/s1. The third-order valence-electron chi connectivity index (χ3n) is 3.65. The Morgan fingerprint density at radius 1 is 1.48 bits per heavy atom. The van der Waals surface area contributed by atoms with E-state index in [4.69, 9.17) is 4.74 Å². The minimum atomic E-state index is -0.481. The van der Waals surface area contributed by atoms with E-state index >= 15 is 0 Å². The first-order chi connectivity index (χ1) is 11.1. The normalized spacial score (nSPS) is 16.7. The van der Waals surface area contributed by atoms with Crippen LogP contribution in [-0.2, 0) is 9.53 Å². The number of anilines is 1. The highest BCUT2D eigenvalue weighted by Gasteiger charge is 2.36. The molecule has 0 unspecified atom stereocenters. The van der Waals surface area contributed by atoms with E-state index in [1.54, 1.807) is 6.92 Å². The average Bonchev–Trinajstić information content (AvgIpc) is 3.06. The van der Waals surface area contributed by atoms with Crippen LogP contribution in [0.2, 0.25) is 0 Å². The molecular formula is C15H15N3O3S2. The summed E-state index contributed by atoms with van der Waals surface area (Å²) in [6.07, 6.45) is 1.84. The average molecular weight is 349 g/mol. The lowest BCUT2D eigenvalue weighted by molar-refractivity contribution is -0.136. The highest BCUT2D eigenvalue weighted by molar-refractivity contribution is 7.98. The summed E-state index contributed by atoms with van der Waals surface area (Å²) in [5.41, 5.74) is 1.27. The number of aromatic amines is 1. The summed E-state index contributed by atoms with van der Waals surface area (Å²) in [7, 11) is 1.34. The van der Waals surface area contributed by atoms with Crippen molar-refractivity contribution in [2.45, 2.75) is 18.0 Å². The van der Waals surface area contributed by atoms with Gasteiger partial charge in [-0.1, -0.05) is 17.8 Å². The third-order valence-corrected chi connectivity index (χ3v) is 5.16. The largest absolute Gasteiger partial charge is 0.466 e. The molecule has 0 amide bonds. The van der Waals surface area contributed by atoms with Crippen LogP contribution in [0.1, 0.15) is 23.3 Å².